The standard InChI is InChI=1S/C15H26N2O4/c1-14(2,3)13(18)16-12-9-11(21-17-12)15(4,5)10-20-8-7-19-6/h9H,7-8,10H2,1-6H3,(H,16,17,18). The summed E-state index contributed by atoms with van der Waals surface area (Å²) in [6, 6.07) is 1.74. The summed E-state index contributed by atoms with van der Waals surface area (Å²) in [5, 5.41) is 6.64. The first kappa shape index (κ1) is 17.7. The number of hydrogen-bond donors (Lipinski definition) is 1. The van der Waals surface area contributed by atoms with Gasteiger partial charge in [-0.3, -0.25) is 4.79 Å². The Morgan fingerprint density at radius 1 is 1.29 bits per heavy atom. The summed E-state index contributed by atoms with van der Waals surface area (Å²) < 4.78 is 15.8. The summed E-state index contributed by atoms with van der Waals surface area (Å²) >= 11 is 0. The highest BCUT2D eigenvalue weighted by Gasteiger charge is 2.28. The number of carbonyl (C=O) groups excluding carboxylic acids is 1. The van der Waals surface area contributed by atoms with E-state index in [1.807, 2.05) is 34.6 Å². The van der Waals surface area contributed by atoms with E-state index in [-0.39, 0.29) is 11.3 Å². The number of aromatic nitrogens is 1. The van der Waals surface area contributed by atoms with E-state index in [2.05, 4.69) is 10.5 Å². The van der Waals surface area contributed by atoms with Crippen LogP contribution in [0.3, 0.4) is 0 Å². The molecule has 1 amide bonds. The van der Waals surface area contributed by atoms with Crippen LogP contribution >= 0.6 is 0 Å². The van der Waals surface area contributed by atoms with Gasteiger partial charge in [0.25, 0.3) is 0 Å². The van der Waals surface area contributed by atoms with Gasteiger partial charge in [-0.25, -0.2) is 0 Å². The van der Waals surface area contributed by atoms with E-state index in [9.17, 15) is 4.79 Å². The van der Waals surface area contributed by atoms with E-state index in [1.165, 1.54) is 0 Å². The minimum absolute atomic E-state index is 0.100. The Labute approximate surface area is 126 Å². The molecule has 0 saturated carbocycles. The van der Waals surface area contributed by atoms with Gasteiger partial charge in [-0.1, -0.05) is 39.8 Å². The minimum Gasteiger partial charge on any atom is -0.382 e. The number of anilines is 1. The predicted octanol–water partition coefficient (Wildman–Crippen LogP) is 2.60. The molecule has 0 aromatic carbocycles. The number of nitrogens with zero attached hydrogens (tertiary/aromatic N) is 1. The Bertz CT molecular complexity index is 460. The molecule has 120 valence electrons. The third-order valence-corrected chi connectivity index (χ3v) is 2.99. The SMILES string of the molecule is COCCOCC(C)(C)c1cc(NC(=O)C(C)(C)C)no1. The summed E-state index contributed by atoms with van der Waals surface area (Å²) in [7, 11) is 1.63. The largest absolute Gasteiger partial charge is 0.382 e. The van der Waals surface area contributed by atoms with Crippen molar-refractivity contribution in [1.82, 2.24) is 5.16 Å². The lowest BCUT2D eigenvalue weighted by Gasteiger charge is -2.20. The van der Waals surface area contributed by atoms with Gasteiger partial charge in [0.05, 0.1) is 19.8 Å². The van der Waals surface area contributed by atoms with Crippen molar-refractivity contribution in [2.75, 3.05) is 32.2 Å². The molecule has 0 unspecified atom stereocenters. The molecule has 1 N–H and O–H groups in total. The van der Waals surface area contributed by atoms with Crippen LogP contribution in [-0.4, -0.2) is 38.0 Å². The van der Waals surface area contributed by atoms with Gasteiger partial charge in [0.15, 0.2) is 5.82 Å². The summed E-state index contributed by atoms with van der Waals surface area (Å²) in [5.74, 6) is 0.996. The number of amides is 1. The van der Waals surface area contributed by atoms with E-state index in [4.69, 9.17) is 14.0 Å². The Balaban J connectivity index is 2.62. The average molecular weight is 298 g/mol. The summed E-state index contributed by atoms with van der Waals surface area (Å²) in [6.07, 6.45) is 0. The first-order valence-electron chi connectivity index (χ1n) is 7.02. The molecule has 1 heterocycles. The molecule has 1 rings (SSSR count). The van der Waals surface area contributed by atoms with Crippen molar-refractivity contribution >= 4 is 11.7 Å². The van der Waals surface area contributed by atoms with Gasteiger partial charge in [0, 0.05) is 24.0 Å². The van der Waals surface area contributed by atoms with Crippen LogP contribution in [0, 0.1) is 5.41 Å². The molecule has 0 saturated heterocycles. The van der Waals surface area contributed by atoms with Crippen molar-refractivity contribution in [2.24, 2.45) is 5.41 Å². The van der Waals surface area contributed by atoms with Crippen molar-refractivity contribution in [2.45, 2.75) is 40.0 Å². The van der Waals surface area contributed by atoms with Gasteiger partial charge in [-0.15, -0.1) is 0 Å². The smallest absolute Gasteiger partial charge is 0.230 e. The fraction of sp³-hybridized carbons (Fsp3) is 0.733. The molecule has 0 aliphatic carbocycles. The average Bonchev–Trinajstić information content (AvgIpc) is 2.83. The zero-order chi connectivity index (χ0) is 16.1. The van der Waals surface area contributed by atoms with Gasteiger partial charge >= 0.3 is 0 Å². The fourth-order valence-electron chi connectivity index (χ4n) is 1.50. The highest BCUT2D eigenvalue weighted by Crippen LogP contribution is 2.26. The van der Waals surface area contributed by atoms with Gasteiger partial charge in [-0.2, -0.15) is 0 Å². The number of rotatable bonds is 7. The van der Waals surface area contributed by atoms with Crippen LogP contribution in [-0.2, 0) is 19.7 Å². The minimum atomic E-state index is -0.474. The number of carbonyl (C=O) groups is 1. The van der Waals surface area contributed by atoms with E-state index in [0.717, 1.165) is 0 Å². The summed E-state index contributed by atoms with van der Waals surface area (Å²) in [6.45, 7) is 11.1. The molecule has 0 bridgehead atoms. The molecule has 1 aromatic heterocycles. The molecule has 1 aromatic rings. The molecule has 6 nitrogen and oxygen atoms in total. The zero-order valence-electron chi connectivity index (χ0n) is 13.8. The Morgan fingerprint density at radius 3 is 2.52 bits per heavy atom. The maximum Gasteiger partial charge on any atom is 0.230 e. The van der Waals surface area contributed by atoms with Crippen LogP contribution in [0.15, 0.2) is 10.6 Å². The number of ether oxygens (including phenoxy) is 2. The third kappa shape index (κ3) is 5.47. The van der Waals surface area contributed by atoms with Gasteiger partial charge < -0.3 is 19.3 Å². The second-order valence-corrected chi connectivity index (χ2v) is 6.71. The summed E-state index contributed by atoms with van der Waals surface area (Å²) in [4.78, 5) is 11.9. The highest BCUT2D eigenvalue weighted by atomic mass is 16.5. The van der Waals surface area contributed by atoms with Gasteiger partial charge in [0.2, 0.25) is 5.91 Å². The van der Waals surface area contributed by atoms with Crippen molar-refractivity contribution in [3.8, 4) is 0 Å². The van der Waals surface area contributed by atoms with Crippen molar-refractivity contribution in [3.05, 3.63) is 11.8 Å². The molecular weight excluding hydrogens is 272 g/mol. The first-order chi connectivity index (χ1) is 9.66. The topological polar surface area (TPSA) is 73.6 Å². The normalized spacial score (nSPS) is 12.5. The molecule has 0 spiro atoms. The van der Waals surface area contributed by atoms with Crippen LogP contribution in [0.1, 0.15) is 40.4 Å². The maximum atomic E-state index is 11.9. The van der Waals surface area contributed by atoms with Crippen molar-refractivity contribution in [1.29, 1.82) is 0 Å². The lowest BCUT2D eigenvalue weighted by atomic mass is 9.91. The van der Waals surface area contributed by atoms with E-state index in [1.54, 1.807) is 13.2 Å². The van der Waals surface area contributed by atoms with Gasteiger partial charge in [0.1, 0.15) is 5.76 Å². The molecule has 0 radical (unpaired) electrons. The van der Waals surface area contributed by atoms with Crippen LogP contribution in [0.5, 0.6) is 0 Å². The Kier molecular flexibility index (Phi) is 5.92. The number of methoxy groups -OCH3 is 1. The zero-order valence-corrected chi connectivity index (χ0v) is 13.8. The van der Waals surface area contributed by atoms with E-state index in [0.29, 0.717) is 31.4 Å². The molecule has 6 heteroatoms. The summed E-state index contributed by atoms with van der Waals surface area (Å²) in [5.41, 5.74) is -0.802. The van der Waals surface area contributed by atoms with E-state index < -0.39 is 5.41 Å². The first-order valence-corrected chi connectivity index (χ1v) is 7.02. The molecule has 0 fully saturated rings. The van der Waals surface area contributed by atoms with Crippen LogP contribution in [0.25, 0.3) is 0 Å². The molecule has 0 aliphatic rings. The van der Waals surface area contributed by atoms with Crippen LogP contribution < -0.4 is 5.32 Å². The predicted molar refractivity (Wildman–Crippen MR) is 80.3 cm³/mol. The number of nitrogens with one attached hydrogen (secondary N) is 1. The highest BCUT2D eigenvalue weighted by molar-refractivity contribution is 5.93. The second kappa shape index (κ2) is 7.04. The maximum absolute atomic E-state index is 11.9. The number of hydrogen-bond acceptors (Lipinski definition) is 5. The Morgan fingerprint density at radius 2 is 1.95 bits per heavy atom. The molecule has 0 aliphatic heterocycles. The van der Waals surface area contributed by atoms with Crippen LogP contribution in [0.4, 0.5) is 5.82 Å². The molecule has 0 atom stereocenters. The van der Waals surface area contributed by atoms with Gasteiger partial charge in [-0.05, 0) is 0 Å². The monoisotopic (exact) mass is 298 g/mol. The lowest BCUT2D eigenvalue weighted by molar-refractivity contribution is -0.123. The van der Waals surface area contributed by atoms with Crippen molar-refractivity contribution in [3.63, 3.8) is 0 Å². The van der Waals surface area contributed by atoms with Crippen molar-refractivity contribution < 1.29 is 18.8 Å². The van der Waals surface area contributed by atoms with E-state index >= 15 is 0 Å². The lowest BCUT2D eigenvalue weighted by Crippen LogP contribution is -2.27. The second-order valence-electron chi connectivity index (χ2n) is 6.71. The quantitative estimate of drug-likeness (QED) is 0.783. The Hall–Kier alpha value is -1.40. The fourth-order valence-corrected chi connectivity index (χ4v) is 1.50. The third-order valence-electron chi connectivity index (χ3n) is 2.99. The van der Waals surface area contributed by atoms with Crippen LogP contribution in [0.2, 0.25) is 0 Å². The molecular formula is C15H26N2O4. The molecule has 21 heavy (non-hydrogen) atoms.